The fourth-order valence-electron chi connectivity index (χ4n) is 3.80. The van der Waals surface area contributed by atoms with E-state index in [-0.39, 0.29) is 12.0 Å². The van der Waals surface area contributed by atoms with Gasteiger partial charge in [-0.3, -0.25) is 0 Å². The van der Waals surface area contributed by atoms with E-state index in [0.29, 0.717) is 24.9 Å². The Morgan fingerprint density at radius 3 is 2.70 bits per heavy atom. The minimum atomic E-state index is -0.635. The smallest absolute Gasteiger partial charge is 0.410 e. The Balaban J connectivity index is 2.03. The molecule has 1 heterocycles. The van der Waals surface area contributed by atoms with Gasteiger partial charge in [0.2, 0.25) is 0 Å². The number of nitrogens with zero attached hydrogens (tertiary/aromatic N) is 1. The van der Waals surface area contributed by atoms with Crippen molar-refractivity contribution < 1.29 is 14.6 Å². The Morgan fingerprint density at radius 2 is 2.15 bits per heavy atom. The quantitative estimate of drug-likeness (QED) is 0.792. The number of hydrogen-bond donors (Lipinski definition) is 1. The second-order valence-corrected chi connectivity index (χ2v) is 7.50. The third-order valence-corrected chi connectivity index (χ3v) is 4.55. The minimum absolute atomic E-state index is 0.192. The monoisotopic (exact) mass is 281 g/mol. The fraction of sp³-hybridized carbons (Fsp3) is 0.812. The molecule has 0 radical (unpaired) electrons. The lowest BCUT2D eigenvalue weighted by molar-refractivity contribution is -0.00105. The summed E-state index contributed by atoms with van der Waals surface area (Å²) in [4.78, 5) is 13.9. The second-order valence-electron chi connectivity index (χ2n) is 7.50. The number of allylic oxidation sites excluding steroid dienone is 1. The van der Waals surface area contributed by atoms with Gasteiger partial charge in [0.25, 0.3) is 0 Å². The number of likely N-dealkylation sites (tertiary alicyclic amines) is 1. The van der Waals surface area contributed by atoms with Crippen molar-refractivity contribution in [3.05, 3.63) is 12.7 Å². The van der Waals surface area contributed by atoms with Gasteiger partial charge in [-0.05, 0) is 58.3 Å². The number of ether oxygens (including phenoxy) is 1. The van der Waals surface area contributed by atoms with E-state index >= 15 is 0 Å². The van der Waals surface area contributed by atoms with Crippen molar-refractivity contribution in [2.24, 2.45) is 17.8 Å². The van der Waals surface area contributed by atoms with Crippen molar-refractivity contribution in [3.63, 3.8) is 0 Å². The van der Waals surface area contributed by atoms with Crippen molar-refractivity contribution in [2.45, 2.75) is 51.7 Å². The molecule has 0 aromatic heterocycles. The van der Waals surface area contributed by atoms with Gasteiger partial charge >= 0.3 is 6.09 Å². The third-order valence-electron chi connectivity index (χ3n) is 4.55. The van der Waals surface area contributed by atoms with E-state index in [4.69, 9.17) is 4.74 Å². The minimum Gasteiger partial charge on any atom is -0.444 e. The molecule has 4 atom stereocenters. The molecule has 1 aliphatic heterocycles. The molecule has 2 fully saturated rings. The lowest BCUT2D eigenvalue weighted by atomic mass is 9.84. The highest BCUT2D eigenvalue weighted by atomic mass is 16.6. The van der Waals surface area contributed by atoms with Crippen LogP contribution in [0.1, 0.15) is 40.5 Å². The fourth-order valence-corrected chi connectivity index (χ4v) is 3.80. The van der Waals surface area contributed by atoms with Crippen LogP contribution in [0.5, 0.6) is 0 Å². The van der Waals surface area contributed by atoms with Gasteiger partial charge in [-0.1, -0.05) is 6.08 Å². The van der Waals surface area contributed by atoms with Crippen LogP contribution in [0.25, 0.3) is 0 Å². The summed E-state index contributed by atoms with van der Waals surface area (Å²) in [6.45, 7) is 12.7. The molecule has 0 unspecified atom stereocenters. The van der Waals surface area contributed by atoms with Crippen LogP contribution in [0.3, 0.4) is 0 Å². The lowest BCUT2D eigenvalue weighted by Crippen LogP contribution is -2.39. The zero-order chi connectivity index (χ0) is 15.1. The highest BCUT2D eigenvalue weighted by Gasteiger charge is 2.53. The van der Waals surface area contributed by atoms with E-state index in [2.05, 4.69) is 6.58 Å². The van der Waals surface area contributed by atoms with Crippen LogP contribution in [0.15, 0.2) is 12.7 Å². The van der Waals surface area contributed by atoms with Gasteiger partial charge in [0.05, 0.1) is 5.60 Å². The molecule has 1 aliphatic carbocycles. The first-order valence-corrected chi connectivity index (χ1v) is 7.45. The Kier molecular flexibility index (Phi) is 3.89. The Labute approximate surface area is 121 Å². The van der Waals surface area contributed by atoms with Crippen molar-refractivity contribution >= 4 is 6.09 Å². The summed E-state index contributed by atoms with van der Waals surface area (Å²) < 4.78 is 5.44. The molecule has 0 spiro atoms. The predicted molar refractivity (Wildman–Crippen MR) is 78.3 cm³/mol. The van der Waals surface area contributed by atoms with Gasteiger partial charge in [-0.25, -0.2) is 4.79 Å². The number of rotatable bonds is 2. The van der Waals surface area contributed by atoms with Crippen LogP contribution in [-0.4, -0.2) is 40.4 Å². The summed E-state index contributed by atoms with van der Waals surface area (Å²) in [5.74, 6) is 0.926. The third kappa shape index (κ3) is 3.00. The van der Waals surface area contributed by atoms with Crippen LogP contribution in [0.4, 0.5) is 4.79 Å². The zero-order valence-electron chi connectivity index (χ0n) is 13.1. The molecule has 1 saturated heterocycles. The number of hydrogen-bond acceptors (Lipinski definition) is 3. The van der Waals surface area contributed by atoms with E-state index in [1.165, 1.54) is 0 Å². The van der Waals surface area contributed by atoms with Gasteiger partial charge in [0.1, 0.15) is 5.60 Å². The van der Waals surface area contributed by atoms with Crippen molar-refractivity contribution in [2.75, 3.05) is 13.1 Å². The SMILES string of the molecule is C=CC[C@H]1[C@@H]2CN(C(=O)OC(C)(C)C)C[C@@H]2C[C@@]1(C)O. The molecule has 1 amide bonds. The van der Waals surface area contributed by atoms with E-state index in [0.717, 1.165) is 12.8 Å². The number of carbonyl (C=O) groups excluding carboxylic acids is 1. The molecule has 114 valence electrons. The number of carbonyl (C=O) groups is 1. The highest BCUT2D eigenvalue weighted by molar-refractivity contribution is 5.68. The zero-order valence-corrected chi connectivity index (χ0v) is 13.1. The highest BCUT2D eigenvalue weighted by Crippen LogP contribution is 2.49. The molecule has 1 N–H and O–H groups in total. The topological polar surface area (TPSA) is 49.8 Å². The van der Waals surface area contributed by atoms with Crippen molar-refractivity contribution in [3.8, 4) is 0 Å². The van der Waals surface area contributed by atoms with E-state index < -0.39 is 11.2 Å². The predicted octanol–water partition coefficient (Wildman–Crippen LogP) is 2.82. The summed E-state index contributed by atoms with van der Waals surface area (Å²) in [6.07, 6.45) is 3.20. The summed E-state index contributed by atoms with van der Waals surface area (Å²) in [7, 11) is 0. The Bertz CT molecular complexity index is 397. The molecule has 0 aromatic carbocycles. The van der Waals surface area contributed by atoms with Crippen LogP contribution in [-0.2, 0) is 4.74 Å². The maximum atomic E-state index is 12.1. The maximum absolute atomic E-state index is 12.1. The average molecular weight is 281 g/mol. The second kappa shape index (κ2) is 5.06. The van der Waals surface area contributed by atoms with Gasteiger partial charge in [0, 0.05) is 13.1 Å². The van der Waals surface area contributed by atoms with Crippen LogP contribution in [0.2, 0.25) is 0 Å². The lowest BCUT2D eigenvalue weighted by Gasteiger charge is -2.30. The van der Waals surface area contributed by atoms with Gasteiger partial charge < -0.3 is 14.7 Å². The molecule has 1 saturated carbocycles. The number of aliphatic hydroxyl groups is 1. The van der Waals surface area contributed by atoms with Crippen molar-refractivity contribution in [1.82, 2.24) is 4.90 Å². The first kappa shape index (κ1) is 15.4. The standard InChI is InChI=1S/C16H27NO3/c1-6-7-13-12-10-17(14(18)20-15(2,3)4)9-11(12)8-16(13,5)19/h6,11-13,19H,1,7-10H2,2-5H3/t11-,12+,13-,16+/m0/s1. The van der Waals surface area contributed by atoms with Gasteiger partial charge in [-0.2, -0.15) is 0 Å². The molecular weight excluding hydrogens is 254 g/mol. The summed E-state index contributed by atoms with van der Waals surface area (Å²) in [5.41, 5.74) is -1.09. The normalized spacial score (nSPS) is 36.9. The maximum Gasteiger partial charge on any atom is 0.410 e. The Morgan fingerprint density at radius 1 is 1.50 bits per heavy atom. The first-order valence-electron chi connectivity index (χ1n) is 7.45. The largest absolute Gasteiger partial charge is 0.444 e. The van der Waals surface area contributed by atoms with E-state index in [1.54, 1.807) is 4.90 Å². The summed E-state index contributed by atoms with van der Waals surface area (Å²) >= 11 is 0. The van der Waals surface area contributed by atoms with E-state index in [1.807, 2.05) is 33.8 Å². The average Bonchev–Trinajstić information content (AvgIpc) is 2.74. The van der Waals surface area contributed by atoms with Gasteiger partial charge in [-0.15, -0.1) is 6.58 Å². The van der Waals surface area contributed by atoms with Crippen LogP contribution >= 0.6 is 0 Å². The van der Waals surface area contributed by atoms with Gasteiger partial charge in [0.15, 0.2) is 0 Å². The Hall–Kier alpha value is -1.03. The molecular formula is C16H27NO3. The molecule has 4 heteroatoms. The summed E-state index contributed by atoms with van der Waals surface area (Å²) in [6, 6.07) is 0. The van der Waals surface area contributed by atoms with Crippen molar-refractivity contribution in [1.29, 1.82) is 0 Å². The molecule has 0 bridgehead atoms. The van der Waals surface area contributed by atoms with E-state index in [9.17, 15) is 9.90 Å². The molecule has 2 rings (SSSR count). The first-order chi connectivity index (χ1) is 9.14. The number of fused-ring (bicyclic) bond motifs is 1. The number of amides is 1. The molecule has 2 aliphatic rings. The summed E-state index contributed by atoms with van der Waals surface area (Å²) in [5, 5.41) is 10.5. The molecule has 0 aromatic rings. The van der Waals surface area contributed by atoms with Crippen LogP contribution in [0, 0.1) is 17.8 Å². The molecule has 4 nitrogen and oxygen atoms in total. The molecule has 20 heavy (non-hydrogen) atoms. The van der Waals surface area contributed by atoms with Crippen LogP contribution < -0.4 is 0 Å².